The number of hydrogen-bond acceptors (Lipinski definition) is 6. The fourth-order valence-corrected chi connectivity index (χ4v) is 4.94. The number of halogens is 3. The molecule has 0 N–H and O–H groups in total. The van der Waals surface area contributed by atoms with Crippen molar-refractivity contribution in [3.63, 3.8) is 0 Å². The molecular formula is C26H25F3N2O3S. The first-order chi connectivity index (χ1) is 16.9. The summed E-state index contributed by atoms with van der Waals surface area (Å²) in [4.78, 5) is 9.82. The predicted octanol–water partition coefficient (Wildman–Crippen LogP) is 6.56. The van der Waals surface area contributed by atoms with Gasteiger partial charge in [-0.15, -0.1) is 11.3 Å². The Hall–Kier alpha value is -2.75. The van der Waals surface area contributed by atoms with E-state index in [9.17, 15) is 13.2 Å². The maximum absolute atomic E-state index is 13.0. The molecule has 0 aliphatic carbocycles. The van der Waals surface area contributed by atoms with Gasteiger partial charge in [0.1, 0.15) is 17.4 Å². The Bertz CT molecular complexity index is 1220. The standard InChI is InChI=1S/C26H25F3N2O3S/c1-16-12-19(9-10-20(16)21-13-30-21)33-15-23-22(14-34-24-4-2-3-11-32-24)31-25(35-23)17-5-7-18(8-6-17)26(27,28)29/h5-10,12,24H,2-4,11,13-15H2,1H3. The molecule has 2 aliphatic heterocycles. The number of thiazole rings is 1. The van der Waals surface area contributed by atoms with Crippen molar-refractivity contribution in [2.75, 3.05) is 13.2 Å². The highest BCUT2D eigenvalue weighted by molar-refractivity contribution is 7.15. The monoisotopic (exact) mass is 502 g/mol. The first-order valence-corrected chi connectivity index (χ1v) is 12.3. The average Bonchev–Trinajstić information content (AvgIpc) is 3.61. The van der Waals surface area contributed by atoms with Gasteiger partial charge in [0.05, 0.1) is 35.0 Å². The van der Waals surface area contributed by atoms with Crippen LogP contribution in [0.3, 0.4) is 0 Å². The van der Waals surface area contributed by atoms with Crippen molar-refractivity contribution in [2.24, 2.45) is 4.99 Å². The summed E-state index contributed by atoms with van der Waals surface area (Å²) in [6.07, 6.45) is -1.73. The van der Waals surface area contributed by atoms with Crippen LogP contribution in [-0.2, 0) is 28.9 Å². The Labute approximate surface area is 205 Å². The van der Waals surface area contributed by atoms with Crippen LogP contribution in [0.1, 0.15) is 46.5 Å². The summed E-state index contributed by atoms with van der Waals surface area (Å²) < 4.78 is 56.6. The number of aryl methyl sites for hydroxylation is 1. The van der Waals surface area contributed by atoms with E-state index in [1.807, 2.05) is 25.1 Å². The van der Waals surface area contributed by atoms with Crippen molar-refractivity contribution in [1.82, 2.24) is 4.98 Å². The summed E-state index contributed by atoms with van der Waals surface area (Å²) in [6.45, 7) is 4.03. The number of hydrogen-bond donors (Lipinski definition) is 0. The Morgan fingerprint density at radius 2 is 1.89 bits per heavy atom. The van der Waals surface area contributed by atoms with Crippen molar-refractivity contribution in [3.8, 4) is 16.3 Å². The molecule has 0 saturated carbocycles. The molecule has 1 saturated heterocycles. The van der Waals surface area contributed by atoms with Crippen LogP contribution >= 0.6 is 11.3 Å². The summed E-state index contributed by atoms with van der Waals surface area (Å²) in [5.74, 6) is 0.736. The van der Waals surface area contributed by atoms with Crippen LogP contribution in [0.4, 0.5) is 13.2 Å². The zero-order valence-electron chi connectivity index (χ0n) is 19.2. The molecule has 3 aromatic rings. The summed E-state index contributed by atoms with van der Waals surface area (Å²) >= 11 is 1.40. The Morgan fingerprint density at radius 3 is 2.54 bits per heavy atom. The lowest BCUT2D eigenvalue weighted by Crippen LogP contribution is -2.22. The molecule has 0 spiro atoms. The maximum Gasteiger partial charge on any atom is 0.416 e. The molecule has 2 aliphatic rings. The van der Waals surface area contributed by atoms with Gasteiger partial charge in [0, 0.05) is 17.7 Å². The molecule has 0 amide bonds. The van der Waals surface area contributed by atoms with E-state index in [-0.39, 0.29) is 19.5 Å². The van der Waals surface area contributed by atoms with Crippen molar-refractivity contribution in [2.45, 2.75) is 51.9 Å². The molecule has 0 radical (unpaired) electrons. The van der Waals surface area contributed by atoms with Crippen LogP contribution in [0.5, 0.6) is 5.75 Å². The van der Waals surface area contributed by atoms with Crippen molar-refractivity contribution in [1.29, 1.82) is 0 Å². The molecule has 35 heavy (non-hydrogen) atoms. The van der Waals surface area contributed by atoms with Gasteiger partial charge in [0.15, 0.2) is 6.29 Å². The van der Waals surface area contributed by atoms with Crippen molar-refractivity contribution >= 4 is 17.0 Å². The third-order valence-corrected chi connectivity index (χ3v) is 7.10. The van der Waals surface area contributed by atoms with E-state index in [0.29, 0.717) is 22.9 Å². The number of alkyl halides is 3. The Balaban J connectivity index is 1.34. The fraction of sp³-hybridized carbons (Fsp3) is 0.385. The lowest BCUT2D eigenvalue weighted by atomic mass is 10.1. The lowest BCUT2D eigenvalue weighted by Gasteiger charge is -2.22. The van der Waals surface area contributed by atoms with E-state index >= 15 is 0 Å². The molecule has 0 bridgehead atoms. The minimum Gasteiger partial charge on any atom is -0.488 e. The van der Waals surface area contributed by atoms with Crippen LogP contribution < -0.4 is 4.74 Å². The molecule has 184 valence electrons. The van der Waals surface area contributed by atoms with E-state index < -0.39 is 11.7 Å². The molecule has 2 aromatic carbocycles. The van der Waals surface area contributed by atoms with Crippen LogP contribution in [0.2, 0.25) is 0 Å². The van der Waals surface area contributed by atoms with Gasteiger partial charge in [-0.05, 0) is 62.1 Å². The number of rotatable bonds is 8. The summed E-state index contributed by atoms with van der Waals surface area (Å²) in [7, 11) is 0. The van der Waals surface area contributed by atoms with Gasteiger partial charge in [-0.1, -0.05) is 12.1 Å². The fourth-order valence-electron chi connectivity index (χ4n) is 3.96. The highest BCUT2D eigenvalue weighted by Gasteiger charge is 2.30. The number of benzene rings is 2. The molecule has 5 rings (SSSR count). The lowest BCUT2D eigenvalue weighted by molar-refractivity contribution is -0.169. The Kier molecular flexibility index (Phi) is 6.91. The van der Waals surface area contributed by atoms with Gasteiger partial charge in [-0.2, -0.15) is 13.2 Å². The van der Waals surface area contributed by atoms with Gasteiger partial charge in [0.25, 0.3) is 0 Å². The van der Waals surface area contributed by atoms with E-state index in [0.717, 1.165) is 65.4 Å². The molecule has 1 unspecified atom stereocenters. The topological polar surface area (TPSA) is 52.9 Å². The normalized spacial score (nSPS) is 17.8. The van der Waals surface area contributed by atoms with Crippen molar-refractivity contribution < 1.29 is 27.4 Å². The number of aliphatic imine (C=N–C) groups is 1. The highest BCUT2D eigenvalue weighted by Crippen LogP contribution is 2.34. The minimum absolute atomic E-state index is 0.248. The van der Waals surface area contributed by atoms with Gasteiger partial charge in [-0.3, -0.25) is 4.99 Å². The van der Waals surface area contributed by atoms with Gasteiger partial charge >= 0.3 is 6.18 Å². The predicted molar refractivity (Wildman–Crippen MR) is 128 cm³/mol. The van der Waals surface area contributed by atoms with Crippen LogP contribution in [0.25, 0.3) is 10.6 Å². The second kappa shape index (κ2) is 10.1. The average molecular weight is 503 g/mol. The van der Waals surface area contributed by atoms with Crippen molar-refractivity contribution in [3.05, 3.63) is 69.7 Å². The van der Waals surface area contributed by atoms with Crippen LogP contribution in [-0.4, -0.2) is 30.1 Å². The quantitative estimate of drug-likeness (QED) is 0.350. The maximum atomic E-state index is 13.0. The van der Waals surface area contributed by atoms with E-state index in [4.69, 9.17) is 19.2 Å². The second-order valence-corrected chi connectivity index (χ2v) is 9.68. The first-order valence-electron chi connectivity index (χ1n) is 11.5. The van der Waals surface area contributed by atoms with Crippen LogP contribution in [0, 0.1) is 6.92 Å². The molecule has 9 heteroatoms. The van der Waals surface area contributed by atoms with E-state index in [1.165, 1.54) is 23.5 Å². The van der Waals surface area contributed by atoms with E-state index in [1.54, 1.807) is 0 Å². The third-order valence-electron chi connectivity index (χ3n) is 5.98. The van der Waals surface area contributed by atoms with Gasteiger partial charge < -0.3 is 14.2 Å². The summed E-state index contributed by atoms with van der Waals surface area (Å²) in [6, 6.07) is 11.0. The smallest absolute Gasteiger partial charge is 0.416 e. The highest BCUT2D eigenvalue weighted by atomic mass is 32.1. The first kappa shape index (κ1) is 24.0. The molecule has 5 nitrogen and oxygen atoms in total. The number of ether oxygens (including phenoxy) is 3. The third kappa shape index (κ3) is 5.91. The molecule has 3 heterocycles. The summed E-state index contributed by atoms with van der Waals surface area (Å²) in [5.41, 5.74) is 4.00. The molecule has 1 aromatic heterocycles. The number of aromatic nitrogens is 1. The Morgan fingerprint density at radius 1 is 1.09 bits per heavy atom. The van der Waals surface area contributed by atoms with E-state index in [2.05, 4.69) is 4.99 Å². The molecular weight excluding hydrogens is 477 g/mol. The molecule has 1 atom stereocenters. The van der Waals surface area contributed by atoms with Gasteiger partial charge in [-0.25, -0.2) is 4.98 Å². The number of nitrogens with zero attached hydrogens (tertiary/aromatic N) is 2. The second-order valence-electron chi connectivity index (χ2n) is 8.60. The largest absolute Gasteiger partial charge is 0.488 e. The molecule has 1 fully saturated rings. The SMILES string of the molecule is Cc1cc(OCc2sc(-c3ccc(C(F)(F)F)cc3)nc2COC2CCCCO2)ccc1C1=NC1. The van der Waals surface area contributed by atoms with Crippen LogP contribution in [0.15, 0.2) is 47.5 Å². The zero-order valence-corrected chi connectivity index (χ0v) is 20.0. The van der Waals surface area contributed by atoms with Gasteiger partial charge in [0.2, 0.25) is 0 Å². The zero-order chi connectivity index (χ0) is 24.4. The summed E-state index contributed by atoms with van der Waals surface area (Å²) in [5, 5.41) is 0.624. The minimum atomic E-state index is -4.38.